The Labute approximate surface area is 198 Å². The van der Waals surface area contributed by atoms with E-state index in [0.717, 1.165) is 44.9 Å². The van der Waals surface area contributed by atoms with Crippen molar-refractivity contribution in [3.05, 3.63) is 54.0 Å². The van der Waals surface area contributed by atoms with Gasteiger partial charge in [-0.15, -0.1) is 0 Å². The summed E-state index contributed by atoms with van der Waals surface area (Å²) in [4.78, 5) is 26.6. The van der Waals surface area contributed by atoms with Gasteiger partial charge in [0.15, 0.2) is 5.69 Å². The Kier molecular flexibility index (Phi) is 7.25. The molecule has 0 saturated carbocycles. The number of hydrogen-bond acceptors (Lipinski definition) is 5. The van der Waals surface area contributed by atoms with Gasteiger partial charge in [0.05, 0.1) is 12.4 Å². The molecule has 0 unspecified atom stereocenters. The molecule has 0 spiro atoms. The number of carbonyl (C=O) groups is 1. The standard InChI is InChI=1S/C24H31F3N6O/c1-17-15-33(18(2)14-32(17)22-13-28-21(12-29-22)24(25,26)27)23(34)30-20-8-10-31(11-9-20)16-19-6-4-3-5-7-19/h3-7,12-13,17-18,20H,8-11,14-16H2,1-2H3,(H,30,34)/t17-,18+/m1/s1. The molecule has 2 aliphatic rings. The molecule has 2 saturated heterocycles. The number of alkyl halides is 3. The van der Waals surface area contributed by atoms with Crippen molar-refractivity contribution in [2.45, 2.75) is 57.5 Å². The Hall–Kier alpha value is -2.88. The van der Waals surface area contributed by atoms with Crippen molar-refractivity contribution in [3.63, 3.8) is 0 Å². The molecule has 7 nitrogen and oxygen atoms in total. The van der Waals surface area contributed by atoms with Crippen molar-refractivity contribution >= 4 is 11.8 Å². The smallest absolute Gasteiger partial charge is 0.349 e. The summed E-state index contributed by atoms with van der Waals surface area (Å²) in [5.74, 6) is 0.387. The topological polar surface area (TPSA) is 64.6 Å². The molecule has 3 heterocycles. The van der Waals surface area contributed by atoms with Gasteiger partial charge in [-0.2, -0.15) is 13.2 Å². The first-order valence-electron chi connectivity index (χ1n) is 11.7. The maximum atomic E-state index is 13.0. The predicted octanol–water partition coefficient (Wildman–Crippen LogP) is 3.77. The minimum Gasteiger partial charge on any atom is -0.349 e. The summed E-state index contributed by atoms with van der Waals surface area (Å²) < 4.78 is 38.3. The fraction of sp³-hybridized carbons (Fsp3) is 0.542. The summed E-state index contributed by atoms with van der Waals surface area (Å²) in [7, 11) is 0. The SMILES string of the molecule is C[C@@H]1CN(C(=O)NC2CCN(Cc3ccccc3)CC2)[C@@H](C)CN1c1cnc(C(F)(F)F)cn1. The van der Waals surface area contributed by atoms with E-state index < -0.39 is 11.9 Å². The second-order valence-electron chi connectivity index (χ2n) is 9.25. The van der Waals surface area contributed by atoms with Crippen LogP contribution >= 0.6 is 0 Å². The van der Waals surface area contributed by atoms with E-state index in [1.54, 1.807) is 0 Å². The lowest BCUT2D eigenvalue weighted by Crippen LogP contribution is -2.61. The summed E-state index contributed by atoms with van der Waals surface area (Å²) in [6.07, 6.45) is -0.785. The summed E-state index contributed by atoms with van der Waals surface area (Å²) in [6.45, 7) is 7.61. The predicted molar refractivity (Wildman–Crippen MR) is 123 cm³/mol. The number of nitrogens with zero attached hydrogens (tertiary/aromatic N) is 5. The number of piperazine rings is 1. The van der Waals surface area contributed by atoms with E-state index in [1.807, 2.05) is 41.8 Å². The molecule has 2 amide bonds. The average molecular weight is 477 g/mol. The molecule has 2 aliphatic heterocycles. The third-order valence-electron chi connectivity index (χ3n) is 6.63. The Morgan fingerprint density at radius 2 is 1.74 bits per heavy atom. The molecule has 2 aromatic rings. The van der Waals surface area contributed by atoms with Gasteiger partial charge in [0.2, 0.25) is 0 Å². The lowest BCUT2D eigenvalue weighted by molar-refractivity contribution is -0.141. The third-order valence-corrected chi connectivity index (χ3v) is 6.63. The molecule has 0 radical (unpaired) electrons. The van der Waals surface area contributed by atoms with Crippen LogP contribution in [0.15, 0.2) is 42.7 Å². The number of halogens is 3. The molecule has 0 bridgehead atoms. The summed E-state index contributed by atoms with van der Waals surface area (Å²) in [5.41, 5.74) is 0.285. The van der Waals surface area contributed by atoms with Gasteiger partial charge in [-0.05, 0) is 32.3 Å². The Morgan fingerprint density at radius 1 is 1.03 bits per heavy atom. The number of anilines is 1. The maximum Gasteiger partial charge on any atom is 0.434 e. The van der Waals surface area contributed by atoms with Crippen molar-refractivity contribution in [1.29, 1.82) is 0 Å². The normalized spacial score (nSPS) is 22.6. The van der Waals surface area contributed by atoms with Crippen LogP contribution in [0.4, 0.5) is 23.8 Å². The van der Waals surface area contributed by atoms with Gasteiger partial charge in [-0.1, -0.05) is 30.3 Å². The fourth-order valence-electron chi connectivity index (χ4n) is 4.68. The number of rotatable bonds is 4. The molecular formula is C24H31F3N6O. The number of urea groups is 1. The van der Waals surface area contributed by atoms with Crippen LogP contribution in [-0.4, -0.2) is 70.1 Å². The second-order valence-corrected chi connectivity index (χ2v) is 9.25. The highest BCUT2D eigenvalue weighted by atomic mass is 19.4. The minimum atomic E-state index is -4.51. The van der Waals surface area contributed by atoms with E-state index in [4.69, 9.17) is 0 Å². The van der Waals surface area contributed by atoms with Gasteiger partial charge in [-0.3, -0.25) is 4.90 Å². The maximum absolute atomic E-state index is 13.0. The van der Waals surface area contributed by atoms with Crippen LogP contribution in [0.5, 0.6) is 0 Å². The molecular weight excluding hydrogens is 445 g/mol. The number of hydrogen-bond donors (Lipinski definition) is 1. The lowest BCUT2D eigenvalue weighted by Gasteiger charge is -2.45. The van der Waals surface area contributed by atoms with Crippen LogP contribution < -0.4 is 10.2 Å². The number of likely N-dealkylation sites (tertiary alicyclic amines) is 1. The van der Waals surface area contributed by atoms with E-state index in [1.165, 1.54) is 5.56 Å². The number of aromatic nitrogens is 2. The van der Waals surface area contributed by atoms with Crippen LogP contribution in [0.1, 0.15) is 37.9 Å². The number of amides is 2. The number of benzene rings is 1. The van der Waals surface area contributed by atoms with Crippen molar-refractivity contribution < 1.29 is 18.0 Å². The molecule has 1 aromatic heterocycles. The molecule has 34 heavy (non-hydrogen) atoms. The van der Waals surface area contributed by atoms with Crippen LogP contribution in [0, 0.1) is 0 Å². The minimum absolute atomic E-state index is 0.0842. The monoisotopic (exact) mass is 476 g/mol. The molecule has 1 aromatic carbocycles. The van der Waals surface area contributed by atoms with Crippen molar-refractivity contribution in [1.82, 2.24) is 25.1 Å². The molecule has 184 valence electrons. The second kappa shape index (κ2) is 10.2. The lowest BCUT2D eigenvalue weighted by atomic mass is 10.0. The average Bonchev–Trinajstić information content (AvgIpc) is 2.82. The first-order chi connectivity index (χ1) is 16.2. The van der Waals surface area contributed by atoms with Gasteiger partial charge in [-0.25, -0.2) is 14.8 Å². The van der Waals surface area contributed by atoms with Crippen LogP contribution in [0.3, 0.4) is 0 Å². The quantitative estimate of drug-likeness (QED) is 0.728. The molecule has 4 rings (SSSR count). The number of carbonyl (C=O) groups excluding carboxylic acids is 1. The summed E-state index contributed by atoms with van der Waals surface area (Å²) >= 11 is 0. The highest BCUT2D eigenvalue weighted by Gasteiger charge is 2.36. The van der Waals surface area contributed by atoms with Gasteiger partial charge < -0.3 is 15.1 Å². The van der Waals surface area contributed by atoms with Gasteiger partial charge >= 0.3 is 12.2 Å². The van der Waals surface area contributed by atoms with Crippen LogP contribution in [0.25, 0.3) is 0 Å². The Balaban J connectivity index is 1.28. The van der Waals surface area contributed by atoms with E-state index in [0.29, 0.717) is 18.9 Å². The highest BCUT2D eigenvalue weighted by Crippen LogP contribution is 2.28. The van der Waals surface area contributed by atoms with Crippen LogP contribution in [0.2, 0.25) is 0 Å². The van der Waals surface area contributed by atoms with Crippen LogP contribution in [-0.2, 0) is 12.7 Å². The zero-order valence-electron chi connectivity index (χ0n) is 19.5. The zero-order valence-corrected chi connectivity index (χ0v) is 19.5. The van der Waals surface area contributed by atoms with Crippen molar-refractivity contribution in [3.8, 4) is 0 Å². The molecule has 0 aliphatic carbocycles. The largest absolute Gasteiger partial charge is 0.434 e. The molecule has 2 atom stereocenters. The summed E-state index contributed by atoms with van der Waals surface area (Å²) in [6, 6.07) is 10.2. The van der Waals surface area contributed by atoms with E-state index in [9.17, 15) is 18.0 Å². The van der Waals surface area contributed by atoms with Crippen molar-refractivity contribution in [2.75, 3.05) is 31.1 Å². The highest BCUT2D eigenvalue weighted by molar-refractivity contribution is 5.75. The molecule has 1 N–H and O–H groups in total. The first kappa shape index (κ1) is 24.3. The third kappa shape index (κ3) is 5.78. The van der Waals surface area contributed by atoms with Crippen molar-refractivity contribution in [2.24, 2.45) is 0 Å². The first-order valence-corrected chi connectivity index (χ1v) is 11.7. The number of nitrogens with one attached hydrogen (secondary N) is 1. The Bertz CT molecular complexity index is 947. The number of piperidine rings is 1. The van der Waals surface area contributed by atoms with E-state index in [2.05, 4.69) is 32.3 Å². The van der Waals surface area contributed by atoms with Gasteiger partial charge in [0.25, 0.3) is 0 Å². The summed E-state index contributed by atoms with van der Waals surface area (Å²) in [5, 5.41) is 3.19. The van der Waals surface area contributed by atoms with Gasteiger partial charge in [0, 0.05) is 50.8 Å². The zero-order chi connectivity index (χ0) is 24.3. The van der Waals surface area contributed by atoms with E-state index >= 15 is 0 Å². The van der Waals surface area contributed by atoms with Gasteiger partial charge in [0.1, 0.15) is 5.82 Å². The fourth-order valence-corrected chi connectivity index (χ4v) is 4.68. The molecule has 10 heteroatoms. The Morgan fingerprint density at radius 3 is 2.35 bits per heavy atom. The van der Waals surface area contributed by atoms with E-state index in [-0.39, 0.29) is 24.2 Å². The molecule has 2 fully saturated rings.